The molecule has 2 heterocycles. The molecule has 0 radical (unpaired) electrons. The molecule has 3 rings (SSSR count). The lowest BCUT2D eigenvalue weighted by Gasteiger charge is -2.24. The number of nitrogens with zero attached hydrogens (tertiary/aromatic N) is 6. The molecule has 1 unspecified atom stereocenters. The predicted octanol–water partition coefficient (Wildman–Crippen LogP) is 1.12. The first-order chi connectivity index (χ1) is 10.6. The fraction of sp³-hybridized carbons (Fsp3) is 0.231. The lowest BCUT2D eigenvalue weighted by Crippen LogP contribution is -2.23. The minimum absolute atomic E-state index is 0.165. The maximum absolute atomic E-state index is 14.1. The molecule has 1 aromatic carbocycles. The molecule has 2 aromatic heterocycles. The van der Waals surface area contributed by atoms with Crippen molar-refractivity contribution in [3.63, 3.8) is 0 Å². The van der Waals surface area contributed by atoms with Crippen LogP contribution in [0.1, 0.15) is 17.7 Å². The van der Waals surface area contributed by atoms with Gasteiger partial charge in [0.25, 0.3) is 0 Å². The summed E-state index contributed by atoms with van der Waals surface area (Å²) in [4.78, 5) is 3.76. The van der Waals surface area contributed by atoms with Gasteiger partial charge in [0.1, 0.15) is 36.9 Å². The molecule has 0 aliphatic rings. The minimum atomic E-state index is -1.18. The summed E-state index contributed by atoms with van der Waals surface area (Å²) in [5.74, 6) is -2.14. The van der Waals surface area contributed by atoms with Crippen LogP contribution in [0.15, 0.2) is 43.5 Å². The normalized spacial score (nSPS) is 14.0. The smallest absolute Gasteiger partial charge is 0.157 e. The van der Waals surface area contributed by atoms with Gasteiger partial charge in [0.15, 0.2) is 6.23 Å². The summed E-state index contributed by atoms with van der Waals surface area (Å²) in [6.07, 6.45) is 4.31. The van der Waals surface area contributed by atoms with Gasteiger partial charge in [-0.05, 0) is 11.6 Å². The number of benzene rings is 1. The van der Waals surface area contributed by atoms with E-state index in [1.165, 1.54) is 36.1 Å². The summed E-state index contributed by atoms with van der Waals surface area (Å²) in [5, 5.41) is 21.7. The first kappa shape index (κ1) is 14.3. The number of aliphatic hydroxyl groups is 1. The molecule has 0 fully saturated rings. The van der Waals surface area contributed by atoms with Gasteiger partial charge in [0.05, 0.1) is 5.92 Å². The van der Waals surface area contributed by atoms with Gasteiger partial charge in [-0.15, -0.1) is 10.2 Å². The van der Waals surface area contributed by atoms with Crippen molar-refractivity contribution in [2.45, 2.75) is 18.7 Å². The summed E-state index contributed by atoms with van der Waals surface area (Å²) in [6, 6.07) is 3.23. The van der Waals surface area contributed by atoms with E-state index >= 15 is 0 Å². The van der Waals surface area contributed by atoms with Crippen LogP contribution in [0, 0.1) is 11.6 Å². The summed E-state index contributed by atoms with van der Waals surface area (Å²) in [6.45, 7) is 0.191. The second-order valence-corrected chi connectivity index (χ2v) is 4.72. The molecule has 114 valence electrons. The Morgan fingerprint density at radius 3 is 2.55 bits per heavy atom. The standard InChI is InChI=1S/C13H12F2N6O/c14-9-1-2-10(12(15)3-9)11(4-20-7-17-18-8-20)13(22)21-6-16-5-19-21/h1-3,5-8,11,13,22H,4H2/t11?,13-/m0/s1. The van der Waals surface area contributed by atoms with E-state index in [1.807, 2.05) is 0 Å². The quantitative estimate of drug-likeness (QED) is 0.764. The van der Waals surface area contributed by atoms with Crippen LogP contribution in [-0.4, -0.2) is 34.6 Å². The molecule has 22 heavy (non-hydrogen) atoms. The van der Waals surface area contributed by atoms with Gasteiger partial charge in [-0.25, -0.2) is 18.4 Å². The van der Waals surface area contributed by atoms with Crippen molar-refractivity contribution < 1.29 is 13.9 Å². The van der Waals surface area contributed by atoms with Gasteiger partial charge < -0.3 is 9.67 Å². The molecule has 0 bridgehead atoms. The predicted molar refractivity (Wildman–Crippen MR) is 70.4 cm³/mol. The molecular formula is C13H12F2N6O. The molecule has 9 heteroatoms. The van der Waals surface area contributed by atoms with E-state index in [2.05, 4.69) is 20.3 Å². The second kappa shape index (κ2) is 5.98. The lowest BCUT2D eigenvalue weighted by molar-refractivity contribution is 0.0532. The summed E-state index contributed by atoms with van der Waals surface area (Å²) in [5.41, 5.74) is 0.165. The van der Waals surface area contributed by atoms with Crippen LogP contribution in [0.4, 0.5) is 8.78 Å². The maximum Gasteiger partial charge on any atom is 0.157 e. The SMILES string of the molecule is O[C@@H](C(Cn1cnnc1)c1ccc(F)cc1F)n1cncn1. The molecule has 1 N–H and O–H groups in total. The topological polar surface area (TPSA) is 81.6 Å². The van der Waals surface area contributed by atoms with Crippen LogP contribution in [0.25, 0.3) is 0 Å². The molecule has 0 aliphatic heterocycles. The Bertz CT molecular complexity index is 731. The van der Waals surface area contributed by atoms with Crippen molar-refractivity contribution in [1.29, 1.82) is 0 Å². The third-order valence-corrected chi connectivity index (χ3v) is 3.30. The summed E-state index contributed by atoms with van der Waals surface area (Å²) >= 11 is 0. The van der Waals surface area contributed by atoms with Crippen LogP contribution < -0.4 is 0 Å². The number of halogens is 2. The zero-order valence-electron chi connectivity index (χ0n) is 11.3. The first-order valence-electron chi connectivity index (χ1n) is 6.44. The Kier molecular flexibility index (Phi) is 3.88. The Labute approximate surface area is 123 Å². The number of aromatic nitrogens is 6. The largest absolute Gasteiger partial charge is 0.371 e. The zero-order valence-corrected chi connectivity index (χ0v) is 11.3. The fourth-order valence-corrected chi connectivity index (χ4v) is 2.24. The van der Waals surface area contributed by atoms with Crippen molar-refractivity contribution in [3.8, 4) is 0 Å². The van der Waals surface area contributed by atoms with E-state index in [-0.39, 0.29) is 12.1 Å². The molecular weight excluding hydrogens is 294 g/mol. The Hall–Kier alpha value is -2.68. The van der Waals surface area contributed by atoms with E-state index in [0.29, 0.717) is 0 Å². The average molecular weight is 306 g/mol. The number of hydrogen-bond donors (Lipinski definition) is 1. The third kappa shape index (κ3) is 2.84. The van der Waals surface area contributed by atoms with Gasteiger partial charge in [-0.3, -0.25) is 0 Å². The van der Waals surface area contributed by atoms with Gasteiger partial charge in [-0.2, -0.15) is 5.10 Å². The van der Waals surface area contributed by atoms with Crippen LogP contribution in [0.2, 0.25) is 0 Å². The highest BCUT2D eigenvalue weighted by molar-refractivity contribution is 5.23. The van der Waals surface area contributed by atoms with E-state index in [0.717, 1.165) is 12.1 Å². The molecule has 7 nitrogen and oxygen atoms in total. The van der Waals surface area contributed by atoms with Gasteiger partial charge in [-0.1, -0.05) is 6.07 Å². The first-order valence-corrected chi connectivity index (χ1v) is 6.44. The summed E-state index contributed by atoms with van der Waals surface area (Å²) < 4.78 is 30.0. The Morgan fingerprint density at radius 1 is 1.14 bits per heavy atom. The van der Waals surface area contributed by atoms with E-state index in [9.17, 15) is 13.9 Å². The van der Waals surface area contributed by atoms with E-state index in [4.69, 9.17) is 0 Å². The molecule has 0 spiro atoms. The van der Waals surface area contributed by atoms with Crippen LogP contribution in [-0.2, 0) is 6.54 Å². The molecule has 0 aliphatic carbocycles. The zero-order chi connectivity index (χ0) is 15.5. The van der Waals surface area contributed by atoms with Crippen LogP contribution >= 0.6 is 0 Å². The third-order valence-electron chi connectivity index (χ3n) is 3.30. The van der Waals surface area contributed by atoms with Crippen molar-refractivity contribution >= 4 is 0 Å². The van der Waals surface area contributed by atoms with Crippen LogP contribution in [0.5, 0.6) is 0 Å². The highest BCUT2D eigenvalue weighted by Gasteiger charge is 2.27. The van der Waals surface area contributed by atoms with Gasteiger partial charge in [0.2, 0.25) is 0 Å². The molecule has 3 aromatic rings. The highest BCUT2D eigenvalue weighted by Crippen LogP contribution is 2.30. The minimum Gasteiger partial charge on any atom is -0.371 e. The maximum atomic E-state index is 14.1. The van der Waals surface area contributed by atoms with E-state index in [1.54, 1.807) is 4.57 Å². The second-order valence-electron chi connectivity index (χ2n) is 4.72. The van der Waals surface area contributed by atoms with Crippen molar-refractivity contribution in [2.75, 3.05) is 0 Å². The Morgan fingerprint density at radius 2 is 1.91 bits per heavy atom. The van der Waals surface area contributed by atoms with Gasteiger partial charge in [0, 0.05) is 12.6 Å². The number of hydrogen-bond acceptors (Lipinski definition) is 5. The molecule has 0 saturated heterocycles. The molecule has 0 amide bonds. The van der Waals surface area contributed by atoms with Gasteiger partial charge >= 0.3 is 0 Å². The monoisotopic (exact) mass is 306 g/mol. The van der Waals surface area contributed by atoms with Crippen molar-refractivity contribution in [3.05, 3.63) is 60.7 Å². The summed E-state index contributed by atoms with van der Waals surface area (Å²) in [7, 11) is 0. The Balaban J connectivity index is 1.98. The van der Waals surface area contributed by atoms with Crippen molar-refractivity contribution in [2.24, 2.45) is 0 Å². The number of aliphatic hydroxyl groups excluding tert-OH is 1. The van der Waals surface area contributed by atoms with Crippen molar-refractivity contribution in [1.82, 2.24) is 29.5 Å². The fourth-order valence-electron chi connectivity index (χ4n) is 2.24. The number of rotatable bonds is 5. The molecule has 2 atom stereocenters. The van der Waals surface area contributed by atoms with Crippen LogP contribution in [0.3, 0.4) is 0 Å². The van der Waals surface area contributed by atoms with E-state index < -0.39 is 23.8 Å². The lowest BCUT2D eigenvalue weighted by atomic mass is 9.96. The average Bonchev–Trinajstić information content (AvgIpc) is 3.18. The highest BCUT2D eigenvalue weighted by atomic mass is 19.1. The molecule has 0 saturated carbocycles.